The predicted molar refractivity (Wildman–Crippen MR) is 88.1 cm³/mol. The number of aromatic nitrogens is 2. The van der Waals surface area contributed by atoms with Gasteiger partial charge in [-0.1, -0.05) is 26.0 Å². The highest BCUT2D eigenvalue weighted by molar-refractivity contribution is 5.91. The first-order valence-corrected chi connectivity index (χ1v) is 7.77. The average Bonchev–Trinajstić information content (AvgIpc) is 2.99. The molecule has 2 rings (SSSR count). The highest BCUT2D eigenvalue weighted by Crippen LogP contribution is 2.29. The van der Waals surface area contributed by atoms with Crippen molar-refractivity contribution in [2.75, 3.05) is 7.11 Å². The maximum atomic E-state index is 12.3. The number of ether oxygens (including phenoxy) is 1. The summed E-state index contributed by atoms with van der Waals surface area (Å²) in [5.41, 5.74) is 3.66. The van der Waals surface area contributed by atoms with Crippen molar-refractivity contribution in [1.82, 2.24) is 9.78 Å². The summed E-state index contributed by atoms with van der Waals surface area (Å²) in [5, 5.41) is 13.6. The Morgan fingerprint density at radius 3 is 2.48 bits per heavy atom. The van der Waals surface area contributed by atoms with E-state index < -0.39 is 0 Å². The molecule has 0 aliphatic rings. The summed E-state index contributed by atoms with van der Waals surface area (Å²) in [5.74, 6) is -0.366. The zero-order chi connectivity index (χ0) is 17.0. The number of hydrogen-bond acceptors (Lipinski definition) is 4. The lowest BCUT2D eigenvalue weighted by molar-refractivity contribution is 0.0582. The van der Waals surface area contributed by atoms with Gasteiger partial charge in [0.05, 0.1) is 24.4 Å². The minimum absolute atomic E-state index is 0.0986. The summed E-state index contributed by atoms with van der Waals surface area (Å²) in [7, 11) is 1.39. The van der Waals surface area contributed by atoms with Gasteiger partial charge in [-0.3, -0.25) is 4.68 Å². The summed E-state index contributed by atoms with van der Waals surface area (Å²) >= 11 is 0. The number of carbonyl (C=O) groups is 1. The summed E-state index contributed by atoms with van der Waals surface area (Å²) in [4.78, 5) is 12.3. The monoisotopic (exact) mass is 311 g/mol. The van der Waals surface area contributed by atoms with Crippen LogP contribution in [0.25, 0.3) is 11.3 Å². The van der Waals surface area contributed by atoms with E-state index in [4.69, 9.17) is 10.00 Å². The average molecular weight is 311 g/mol. The van der Waals surface area contributed by atoms with E-state index in [-0.39, 0.29) is 12.0 Å². The Balaban J connectivity index is 2.65. The van der Waals surface area contributed by atoms with E-state index in [1.165, 1.54) is 7.11 Å². The molecule has 0 saturated carbocycles. The van der Waals surface area contributed by atoms with Crippen LogP contribution in [0.5, 0.6) is 0 Å². The number of nitrogens with zero attached hydrogens (tertiary/aromatic N) is 3. The fourth-order valence-corrected chi connectivity index (χ4v) is 2.54. The molecular weight excluding hydrogens is 290 g/mol. The van der Waals surface area contributed by atoms with Crippen LogP contribution < -0.4 is 0 Å². The van der Waals surface area contributed by atoms with Gasteiger partial charge in [-0.05, 0) is 31.9 Å². The fraction of sp³-hybridized carbons (Fsp3) is 0.389. The second kappa shape index (κ2) is 7.10. The van der Waals surface area contributed by atoms with E-state index in [1.54, 1.807) is 16.8 Å². The van der Waals surface area contributed by atoms with Crippen molar-refractivity contribution in [3.63, 3.8) is 0 Å². The van der Waals surface area contributed by atoms with Crippen molar-refractivity contribution in [3.05, 3.63) is 41.1 Å². The lowest BCUT2D eigenvalue weighted by Crippen LogP contribution is -2.16. The molecule has 0 N–H and O–H groups in total. The van der Waals surface area contributed by atoms with Crippen molar-refractivity contribution in [3.8, 4) is 17.3 Å². The van der Waals surface area contributed by atoms with Crippen LogP contribution in [0.3, 0.4) is 0 Å². The predicted octanol–water partition coefficient (Wildman–Crippen LogP) is 3.74. The van der Waals surface area contributed by atoms with Gasteiger partial charge in [0.1, 0.15) is 0 Å². The molecule has 120 valence electrons. The number of benzene rings is 1. The Bertz CT molecular complexity index is 739. The standard InChI is InChI=1S/C18H21N3O2/c1-5-12(3)21-17(18(22)23-4)15(6-2)16(20-21)14-9-7-13(11-19)8-10-14/h7-10,12H,5-6H2,1-4H3. The van der Waals surface area contributed by atoms with Gasteiger partial charge in [0.25, 0.3) is 0 Å². The Hall–Kier alpha value is -2.61. The summed E-state index contributed by atoms with van der Waals surface area (Å²) in [6.45, 7) is 6.08. The maximum Gasteiger partial charge on any atom is 0.356 e. The molecule has 1 aromatic heterocycles. The molecule has 0 amide bonds. The summed E-state index contributed by atoms with van der Waals surface area (Å²) in [6, 6.07) is 9.45. The third-order valence-electron chi connectivity index (χ3n) is 4.04. The third kappa shape index (κ3) is 3.11. The zero-order valence-electron chi connectivity index (χ0n) is 14.0. The summed E-state index contributed by atoms with van der Waals surface area (Å²) < 4.78 is 6.72. The topological polar surface area (TPSA) is 67.9 Å². The highest BCUT2D eigenvalue weighted by atomic mass is 16.5. The maximum absolute atomic E-state index is 12.3. The van der Waals surface area contributed by atoms with Crippen LogP contribution in [0.15, 0.2) is 24.3 Å². The normalized spacial score (nSPS) is 11.8. The van der Waals surface area contributed by atoms with E-state index in [1.807, 2.05) is 26.0 Å². The van der Waals surface area contributed by atoms with Crippen molar-refractivity contribution in [2.45, 2.75) is 39.7 Å². The van der Waals surface area contributed by atoms with Crippen LogP contribution in [0.1, 0.15) is 54.8 Å². The molecule has 1 atom stereocenters. The Morgan fingerprint density at radius 1 is 1.35 bits per heavy atom. The molecule has 0 radical (unpaired) electrons. The van der Waals surface area contributed by atoms with Crippen molar-refractivity contribution >= 4 is 5.97 Å². The lowest BCUT2D eigenvalue weighted by Gasteiger charge is -2.12. The molecular formula is C18H21N3O2. The van der Waals surface area contributed by atoms with Crippen LogP contribution in [0.4, 0.5) is 0 Å². The van der Waals surface area contributed by atoms with Gasteiger partial charge in [-0.2, -0.15) is 10.4 Å². The largest absolute Gasteiger partial charge is 0.464 e. The molecule has 0 saturated heterocycles. The second-order valence-corrected chi connectivity index (χ2v) is 5.41. The first-order valence-electron chi connectivity index (χ1n) is 7.77. The SMILES string of the molecule is CCc1c(-c2ccc(C#N)cc2)nn(C(C)CC)c1C(=O)OC. The number of esters is 1. The molecule has 1 heterocycles. The van der Waals surface area contributed by atoms with Crippen LogP contribution >= 0.6 is 0 Å². The quantitative estimate of drug-likeness (QED) is 0.789. The van der Waals surface area contributed by atoms with Gasteiger partial charge >= 0.3 is 5.97 Å². The molecule has 1 unspecified atom stereocenters. The minimum atomic E-state index is -0.366. The van der Waals surface area contributed by atoms with E-state index in [0.29, 0.717) is 17.7 Å². The van der Waals surface area contributed by atoms with E-state index in [0.717, 1.165) is 23.2 Å². The number of rotatable bonds is 5. The lowest BCUT2D eigenvalue weighted by atomic mass is 10.0. The molecule has 5 heteroatoms. The fourth-order valence-electron chi connectivity index (χ4n) is 2.54. The molecule has 23 heavy (non-hydrogen) atoms. The van der Waals surface area contributed by atoms with Crippen molar-refractivity contribution < 1.29 is 9.53 Å². The molecule has 0 aliphatic carbocycles. The molecule has 0 aliphatic heterocycles. The van der Waals surface area contributed by atoms with E-state index >= 15 is 0 Å². The van der Waals surface area contributed by atoms with Crippen LogP contribution in [0, 0.1) is 11.3 Å². The second-order valence-electron chi connectivity index (χ2n) is 5.41. The number of carbonyl (C=O) groups excluding carboxylic acids is 1. The molecule has 0 spiro atoms. The van der Waals surface area contributed by atoms with E-state index in [2.05, 4.69) is 18.1 Å². The first kappa shape index (κ1) is 16.8. The van der Waals surface area contributed by atoms with E-state index in [9.17, 15) is 4.79 Å². The van der Waals surface area contributed by atoms with Crippen LogP contribution in [-0.2, 0) is 11.2 Å². The minimum Gasteiger partial charge on any atom is -0.464 e. The highest BCUT2D eigenvalue weighted by Gasteiger charge is 2.25. The van der Waals surface area contributed by atoms with Gasteiger partial charge in [0.2, 0.25) is 0 Å². The number of hydrogen-bond donors (Lipinski definition) is 0. The molecule has 2 aromatic rings. The Labute approximate surface area is 136 Å². The van der Waals surface area contributed by atoms with Crippen molar-refractivity contribution in [2.24, 2.45) is 0 Å². The molecule has 0 bridgehead atoms. The first-order chi connectivity index (χ1) is 11.1. The Kier molecular flexibility index (Phi) is 5.17. The van der Waals surface area contributed by atoms with Gasteiger partial charge in [0, 0.05) is 17.2 Å². The Morgan fingerprint density at radius 2 is 2.00 bits per heavy atom. The molecule has 5 nitrogen and oxygen atoms in total. The van der Waals surface area contributed by atoms with Gasteiger partial charge in [-0.25, -0.2) is 4.79 Å². The van der Waals surface area contributed by atoms with Crippen LogP contribution in [-0.4, -0.2) is 22.9 Å². The van der Waals surface area contributed by atoms with Crippen molar-refractivity contribution in [1.29, 1.82) is 5.26 Å². The zero-order valence-corrected chi connectivity index (χ0v) is 14.0. The number of methoxy groups -OCH3 is 1. The molecule has 1 aromatic carbocycles. The van der Waals surface area contributed by atoms with Gasteiger partial charge < -0.3 is 4.74 Å². The number of nitriles is 1. The smallest absolute Gasteiger partial charge is 0.356 e. The van der Waals surface area contributed by atoms with Crippen LogP contribution in [0.2, 0.25) is 0 Å². The van der Waals surface area contributed by atoms with Gasteiger partial charge in [0.15, 0.2) is 5.69 Å². The molecule has 0 fully saturated rings. The van der Waals surface area contributed by atoms with Gasteiger partial charge in [-0.15, -0.1) is 0 Å². The summed E-state index contributed by atoms with van der Waals surface area (Å²) in [6.07, 6.45) is 1.54. The third-order valence-corrected chi connectivity index (χ3v) is 4.04.